The molecule has 4 rings (SSSR count). The number of aromatic amines is 1. The van der Waals surface area contributed by atoms with E-state index in [1.165, 1.54) is 0 Å². The Morgan fingerprint density at radius 1 is 1.20 bits per heavy atom. The maximum Gasteiger partial charge on any atom is 0.253 e. The zero-order valence-corrected chi connectivity index (χ0v) is 21.6. The Morgan fingerprint density at radius 3 is 2.57 bits per heavy atom. The van der Waals surface area contributed by atoms with Gasteiger partial charge in [0.2, 0.25) is 0 Å². The molecule has 1 aromatic carbocycles. The van der Waals surface area contributed by atoms with E-state index in [1.807, 2.05) is 39.8 Å². The summed E-state index contributed by atoms with van der Waals surface area (Å²) in [5.74, 6) is 0.503. The van der Waals surface area contributed by atoms with Crippen LogP contribution in [0.2, 0.25) is 0 Å². The van der Waals surface area contributed by atoms with Gasteiger partial charge in [0.05, 0.1) is 11.2 Å². The van der Waals surface area contributed by atoms with E-state index in [-0.39, 0.29) is 24.1 Å². The number of pyridine rings is 1. The highest BCUT2D eigenvalue weighted by Gasteiger charge is 2.23. The molecule has 0 aliphatic carbocycles. The fraction of sp³-hybridized carbons (Fsp3) is 0.393. The molecule has 7 nitrogen and oxygen atoms in total. The van der Waals surface area contributed by atoms with E-state index >= 15 is 0 Å². The van der Waals surface area contributed by atoms with Crippen molar-refractivity contribution in [2.24, 2.45) is 0 Å². The molecule has 0 spiro atoms. The normalized spacial score (nSPS) is 11.5. The molecule has 0 aliphatic rings. The Kier molecular flexibility index (Phi) is 6.70. The lowest BCUT2D eigenvalue weighted by Crippen LogP contribution is -2.29. The number of carbonyl (C=O) groups excluding carboxylic acids is 1. The van der Waals surface area contributed by atoms with Crippen LogP contribution in [0.1, 0.15) is 77.4 Å². The highest BCUT2D eigenvalue weighted by Crippen LogP contribution is 2.38. The van der Waals surface area contributed by atoms with Crippen LogP contribution in [0.25, 0.3) is 22.0 Å². The number of benzene rings is 1. The van der Waals surface area contributed by atoms with Crippen molar-refractivity contribution in [1.29, 1.82) is 0 Å². The van der Waals surface area contributed by atoms with Gasteiger partial charge in [-0.15, -0.1) is 0 Å². The van der Waals surface area contributed by atoms with Gasteiger partial charge >= 0.3 is 0 Å². The number of H-pyrrole nitrogens is 1. The number of aryl methyl sites for hydroxylation is 5. The molecule has 3 heterocycles. The second-order valence-electron chi connectivity index (χ2n) is 9.59. The molecule has 7 heteroatoms. The minimum absolute atomic E-state index is 0.147. The first-order valence-electron chi connectivity index (χ1n) is 12.2. The summed E-state index contributed by atoms with van der Waals surface area (Å²) in [5, 5.41) is 8.21. The van der Waals surface area contributed by atoms with Crippen LogP contribution < -0.4 is 10.9 Å². The van der Waals surface area contributed by atoms with E-state index in [9.17, 15) is 9.59 Å². The van der Waals surface area contributed by atoms with Gasteiger partial charge in [-0.3, -0.25) is 9.59 Å². The number of amides is 1. The molecule has 0 bridgehead atoms. The van der Waals surface area contributed by atoms with Gasteiger partial charge < -0.3 is 19.4 Å². The smallest absolute Gasteiger partial charge is 0.253 e. The van der Waals surface area contributed by atoms with Gasteiger partial charge in [0, 0.05) is 46.6 Å². The molecule has 0 radical (unpaired) electrons. The van der Waals surface area contributed by atoms with Crippen molar-refractivity contribution in [2.75, 3.05) is 0 Å². The van der Waals surface area contributed by atoms with Crippen LogP contribution in [-0.4, -0.2) is 20.6 Å². The molecule has 0 fully saturated rings. The van der Waals surface area contributed by atoms with Crippen molar-refractivity contribution in [3.63, 3.8) is 0 Å². The van der Waals surface area contributed by atoms with Crippen LogP contribution in [0.5, 0.6) is 0 Å². The average molecular weight is 475 g/mol. The summed E-state index contributed by atoms with van der Waals surface area (Å²) < 4.78 is 7.64. The van der Waals surface area contributed by atoms with Gasteiger partial charge in [-0.1, -0.05) is 18.5 Å². The minimum atomic E-state index is -0.212. The first-order valence-corrected chi connectivity index (χ1v) is 12.2. The van der Waals surface area contributed by atoms with Crippen molar-refractivity contribution in [1.82, 2.24) is 20.0 Å². The van der Waals surface area contributed by atoms with Crippen LogP contribution in [0.15, 0.2) is 33.7 Å². The fourth-order valence-electron chi connectivity index (χ4n) is 4.99. The third-order valence-corrected chi connectivity index (χ3v) is 6.67. The summed E-state index contributed by atoms with van der Waals surface area (Å²) in [6.45, 7) is 14.2. The van der Waals surface area contributed by atoms with Crippen molar-refractivity contribution < 1.29 is 9.32 Å². The maximum atomic E-state index is 13.6. The van der Waals surface area contributed by atoms with E-state index in [4.69, 9.17) is 4.52 Å². The summed E-state index contributed by atoms with van der Waals surface area (Å²) in [5.41, 5.74) is 7.38. The van der Waals surface area contributed by atoms with Crippen molar-refractivity contribution in [2.45, 2.75) is 73.9 Å². The predicted octanol–water partition coefficient (Wildman–Crippen LogP) is 5.68. The quantitative estimate of drug-likeness (QED) is 0.360. The molecule has 0 unspecified atom stereocenters. The first kappa shape index (κ1) is 24.5. The second-order valence-corrected chi connectivity index (χ2v) is 9.59. The van der Waals surface area contributed by atoms with Gasteiger partial charge in [0.15, 0.2) is 0 Å². The summed E-state index contributed by atoms with van der Waals surface area (Å²) in [4.78, 5) is 29.1. The standard InChI is InChI=1S/C28H34N4O3/c1-8-9-20-12-16(4)30-28(34)24(20)14-29-27(33)22-13-23(25-18(6)31-35-19(25)7)21-10-11-32(15(2)3)26(21)17(22)5/h10-13,15H,8-9,14H2,1-7H3,(H,29,33)(H,30,34). The summed E-state index contributed by atoms with van der Waals surface area (Å²) >= 11 is 0. The molecule has 0 atom stereocenters. The van der Waals surface area contributed by atoms with E-state index in [0.717, 1.165) is 57.4 Å². The number of hydrogen-bond acceptors (Lipinski definition) is 4. The zero-order chi connectivity index (χ0) is 25.4. The number of fused-ring (bicyclic) bond motifs is 1. The molecular weight excluding hydrogens is 440 g/mol. The van der Waals surface area contributed by atoms with E-state index in [0.29, 0.717) is 16.9 Å². The Balaban J connectivity index is 1.81. The van der Waals surface area contributed by atoms with Crippen LogP contribution >= 0.6 is 0 Å². The van der Waals surface area contributed by atoms with Crippen LogP contribution in [-0.2, 0) is 13.0 Å². The lowest BCUT2D eigenvalue weighted by atomic mass is 9.94. The van der Waals surface area contributed by atoms with Crippen LogP contribution in [0, 0.1) is 27.7 Å². The van der Waals surface area contributed by atoms with Gasteiger partial charge in [-0.2, -0.15) is 0 Å². The molecule has 0 aliphatic heterocycles. The number of nitrogens with one attached hydrogen (secondary N) is 2. The van der Waals surface area contributed by atoms with Crippen LogP contribution in [0.4, 0.5) is 0 Å². The molecule has 1 amide bonds. The van der Waals surface area contributed by atoms with Gasteiger partial charge in [0.25, 0.3) is 11.5 Å². The molecule has 2 N–H and O–H groups in total. The minimum Gasteiger partial charge on any atom is -0.361 e. The van der Waals surface area contributed by atoms with Crippen molar-refractivity contribution >= 4 is 16.8 Å². The molecule has 184 valence electrons. The average Bonchev–Trinajstić information content (AvgIpc) is 3.38. The molecule has 3 aromatic heterocycles. The van der Waals surface area contributed by atoms with Crippen molar-refractivity contribution in [3.05, 3.63) is 74.2 Å². The van der Waals surface area contributed by atoms with Crippen molar-refractivity contribution in [3.8, 4) is 11.1 Å². The fourth-order valence-corrected chi connectivity index (χ4v) is 4.99. The summed E-state index contributed by atoms with van der Waals surface area (Å²) in [7, 11) is 0. The number of rotatable bonds is 7. The Labute approximate surface area is 205 Å². The molecule has 35 heavy (non-hydrogen) atoms. The molecule has 0 saturated heterocycles. The number of hydrogen-bond donors (Lipinski definition) is 2. The van der Waals surface area contributed by atoms with Gasteiger partial charge in [-0.05, 0) is 82.9 Å². The topological polar surface area (TPSA) is 92.9 Å². The molecule has 0 saturated carbocycles. The first-order chi connectivity index (χ1) is 16.6. The van der Waals surface area contributed by atoms with E-state index in [1.54, 1.807) is 0 Å². The monoisotopic (exact) mass is 474 g/mol. The Hall–Kier alpha value is -3.61. The third-order valence-electron chi connectivity index (χ3n) is 6.67. The van der Waals surface area contributed by atoms with Gasteiger partial charge in [0.1, 0.15) is 5.76 Å². The highest BCUT2D eigenvalue weighted by atomic mass is 16.5. The third kappa shape index (κ3) is 4.43. The SMILES string of the molecule is CCCc1cc(C)[nH]c(=O)c1CNC(=O)c1cc(-c2c(C)noc2C)c2ccn(C(C)C)c2c1C. The molecule has 4 aromatic rings. The summed E-state index contributed by atoms with van der Waals surface area (Å²) in [6, 6.07) is 6.24. The Morgan fingerprint density at radius 2 is 1.94 bits per heavy atom. The number of aromatic nitrogens is 3. The van der Waals surface area contributed by atoms with Gasteiger partial charge in [-0.25, -0.2) is 0 Å². The largest absolute Gasteiger partial charge is 0.361 e. The molecular formula is C28H34N4O3. The van der Waals surface area contributed by atoms with E-state index < -0.39 is 0 Å². The second kappa shape index (κ2) is 9.56. The number of nitrogens with zero attached hydrogens (tertiary/aromatic N) is 2. The lowest BCUT2D eigenvalue weighted by molar-refractivity contribution is 0.0950. The predicted molar refractivity (Wildman–Crippen MR) is 139 cm³/mol. The van der Waals surface area contributed by atoms with E-state index in [2.05, 4.69) is 53.1 Å². The summed E-state index contributed by atoms with van der Waals surface area (Å²) in [6.07, 6.45) is 3.78. The highest BCUT2D eigenvalue weighted by molar-refractivity contribution is 6.07. The zero-order valence-electron chi connectivity index (χ0n) is 21.6. The number of carbonyl (C=O) groups is 1. The Bertz CT molecular complexity index is 1450. The lowest BCUT2D eigenvalue weighted by Gasteiger charge is -2.17. The maximum absolute atomic E-state index is 13.6. The van der Waals surface area contributed by atoms with Crippen LogP contribution in [0.3, 0.4) is 0 Å².